The molecule has 126 valence electrons. The van der Waals surface area contributed by atoms with E-state index in [9.17, 15) is 9.59 Å². The first kappa shape index (κ1) is 15.6. The number of nitrogen functional groups attached to an aromatic ring is 2. The number of aryl methyl sites for hydroxylation is 1. The van der Waals surface area contributed by atoms with Crippen LogP contribution in [0.1, 0.15) is 17.7 Å². The zero-order valence-electron chi connectivity index (χ0n) is 12.7. The number of anilines is 1. The lowest BCUT2D eigenvalue weighted by molar-refractivity contribution is -0.121. The molecule has 0 radical (unpaired) electrons. The van der Waals surface area contributed by atoms with Crippen LogP contribution in [0.25, 0.3) is 0 Å². The van der Waals surface area contributed by atoms with E-state index in [1.807, 2.05) is 6.07 Å². The summed E-state index contributed by atoms with van der Waals surface area (Å²) < 4.78 is 11.2. The van der Waals surface area contributed by atoms with Crippen molar-refractivity contribution in [2.45, 2.75) is 19.4 Å². The van der Waals surface area contributed by atoms with E-state index in [1.54, 1.807) is 12.1 Å². The highest BCUT2D eigenvalue weighted by atomic mass is 16.7. The number of carbonyl (C=O) groups excluding carboxylic acids is 1. The summed E-state index contributed by atoms with van der Waals surface area (Å²) >= 11 is 0. The number of rotatable bonds is 5. The largest absolute Gasteiger partial charge is 0.454 e. The predicted octanol–water partition coefficient (Wildman–Crippen LogP) is -1.09. The Morgan fingerprint density at radius 1 is 1.29 bits per heavy atom. The number of nitrogens with one attached hydrogen (secondary N) is 1. The first-order chi connectivity index (χ1) is 11.5. The average molecular weight is 332 g/mol. The summed E-state index contributed by atoms with van der Waals surface area (Å²) in [5.74, 6) is 6.35. The highest BCUT2D eigenvalue weighted by molar-refractivity contribution is 5.76. The molecule has 0 unspecified atom stereocenters. The van der Waals surface area contributed by atoms with Crippen LogP contribution in [0.3, 0.4) is 0 Å². The third kappa shape index (κ3) is 3.21. The Balaban J connectivity index is 1.53. The van der Waals surface area contributed by atoms with Gasteiger partial charge in [0.05, 0.1) is 0 Å². The van der Waals surface area contributed by atoms with Crippen molar-refractivity contribution in [3.8, 4) is 11.5 Å². The van der Waals surface area contributed by atoms with Crippen LogP contribution in [-0.4, -0.2) is 27.6 Å². The second-order valence-corrected chi connectivity index (χ2v) is 5.14. The van der Waals surface area contributed by atoms with E-state index in [4.69, 9.17) is 21.1 Å². The molecule has 0 atom stereocenters. The Morgan fingerprint density at radius 2 is 2.08 bits per heavy atom. The van der Waals surface area contributed by atoms with Crippen molar-refractivity contribution in [2.75, 3.05) is 18.4 Å². The van der Waals surface area contributed by atoms with Crippen molar-refractivity contribution in [3.63, 3.8) is 0 Å². The third-order valence-electron chi connectivity index (χ3n) is 3.50. The molecule has 10 nitrogen and oxygen atoms in total. The average Bonchev–Trinajstić information content (AvgIpc) is 3.05. The van der Waals surface area contributed by atoms with Gasteiger partial charge in [-0.05, 0) is 17.7 Å². The number of benzene rings is 1. The van der Waals surface area contributed by atoms with Crippen LogP contribution in [0.2, 0.25) is 0 Å². The quantitative estimate of drug-likeness (QED) is 0.585. The van der Waals surface area contributed by atoms with Gasteiger partial charge in [-0.15, -0.1) is 10.2 Å². The lowest BCUT2D eigenvalue weighted by Gasteiger charge is -2.07. The molecule has 0 bridgehead atoms. The summed E-state index contributed by atoms with van der Waals surface area (Å²) in [5, 5.41) is 9.98. The van der Waals surface area contributed by atoms with Gasteiger partial charge in [0.25, 0.3) is 5.56 Å². The molecule has 0 spiro atoms. The van der Waals surface area contributed by atoms with Gasteiger partial charge < -0.3 is 26.4 Å². The topological polar surface area (TPSA) is 147 Å². The van der Waals surface area contributed by atoms with Crippen LogP contribution in [0.5, 0.6) is 11.5 Å². The summed E-state index contributed by atoms with van der Waals surface area (Å²) in [6.07, 6.45) is 0.203. The maximum Gasteiger partial charge on any atom is 0.295 e. The molecule has 0 aliphatic carbocycles. The number of ether oxygens (including phenoxy) is 2. The van der Waals surface area contributed by atoms with Crippen LogP contribution in [0, 0.1) is 0 Å². The zero-order valence-corrected chi connectivity index (χ0v) is 12.7. The normalized spacial score (nSPS) is 12.2. The molecule has 0 fully saturated rings. The second-order valence-electron chi connectivity index (χ2n) is 5.14. The van der Waals surface area contributed by atoms with E-state index in [1.165, 1.54) is 0 Å². The number of hydrogen-bond donors (Lipinski definition) is 3. The van der Waals surface area contributed by atoms with Gasteiger partial charge >= 0.3 is 0 Å². The lowest BCUT2D eigenvalue weighted by atomic mass is 10.2. The molecule has 1 aliphatic heterocycles. The molecule has 1 amide bonds. The highest BCUT2D eigenvalue weighted by Crippen LogP contribution is 2.32. The lowest BCUT2D eigenvalue weighted by Crippen LogP contribution is -2.34. The first-order valence-corrected chi connectivity index (χ1v) is 7.19. The predicted molar refractivity (Wildman–Crippen MR) is 83.6 cm³/mol. The van der Waals surface area contributed by atoms with Crippen LogP contribution in [0.15, 0.2) is 23.0 Å². The highest BCUT2D eigenvalue weighted by Gasteiger charge is 2.14. The monoisotopic (exact) mass is 332 g/mol. The van der Waals surface area contributed by atoms with Crippen molar-refractivity contribution in [3.05, 3.63) is 39.8 Å². The van der Waals surface area contributed by atoms with E-state index in [0.29, 0.717) is 22.7 Å². The number of carbonyl (C=O) groups is 1. The maximum atomic E-state index is 11.9. The molecule has 1 aromatic heterocycles. The first-order valence-electron chi connectivity index (χ1n) is 7.19. The fraction of sp³-hybridized carbons (Fsp3) is 0.286. The van der Waals surface area contributed by atoms with Crippen LogP contribution in [-0.2, 0) is 17.8 Å². The fourth-order valence-electron chi connectivity index (χ4n) is 2.17. The molecule has 0 saturated carbocycles. The smallest absolute Gasteiger partial charge is 0.295 e. The van der Waals surface area contributed by atoms with Crippen molar-refractivity contribution in [2.24, 2.45) is 0 Å². The van der Waals surface area contributed by atoms with Crippen LogP contribution >= 0.6 is 0 Å². The fourth-order valence-corrected chi connectivity index (χ4v) is 2.17. The van der Waals surface area contributed by atoms with Gasteiger partial charge in [0.2, 0.25) is 18.6 Å². The van der Waals surface area contributed by atoms with Gasteiger partial charge in [-0.1, -0.05) is 6.07 Å². The molecule has 24 heavy (non-hydrogen) atoms. The number of nitrogens with zero attached hydrogens (tertiary/aromatic N) is 3. The molecule has 2 heterocycles. The molecule has 2 aromatic rings. The number of nitrogens with two attached hydrogens (primary N) is 2. The molecule has 10 heteroatoms. The molecular formula is C14H16N6O4. The minimum atomic E-state index is -0.564. The van der Waals surface area contributed by atoms with Crippen LogP contribution < -0.4 is 31.9 Å². The minimum Gasteiger partial charge on any atom is -0.454 e. The van der Waals surface area contributed by atoms with Gasteiger partial charge in [-0.3, -0.25) is 9.59 Å². The van der Waals surface area contributed by atoms with Gasteiger partial charge in [0.15, 0.2) is 11.5 Å². The van der Waals surface area contributed by atoms with Crippen molar-refractivity contribution in [1.29, 1.82) is 0 Å². The number of hydrogen-bond acceptors (Lipinski definition) is 8. The minimum absolute atomic E-state index is 0.0817. The Bertz CT molecular complexity index is 834. The summed E-state index contributed by atoms with van der Waals surface area (Å²) in [5.41, 5.74) is 5.77. The molecule has 5 N–H and O–H groups in total. The van der Waals surface area contributed by atoms with E-state index >= 15 is 0 Å². The van der Waals surface area contributed by atoms with E-state index in [0.717, 1.165) is 5.56 Å². The van der Waals surface area contributed by atoms with Crippen molar-refractivity contribution in [1.82, 2.24) is 20.2 Å². The van der Waals surface area contributed by atoms with Gasteiger partial charge in [0, 0.05) is 19.4 Å². The van der Waals surface area contributed by atoms with E-state index in [2.05, 4.69) is 15.5 Å². The molecule has 0 saturated heterocycles. The third-order valence-corrected chi connectivity index (χ3v) is 3.50. The van der Waals surface area contributed by atoms with Gasteiger partial charge in [-0.2, -0.15) is 4.68 Å². The molecule has 3 rings (SSSR count). The summed E-state index contributed by atoms with van der Waals surface area (Å²) in [7, 11) is 0. The standard InChI is InChI=1S/C14H16N6O4/c15-14-19-18-9(13(22)20(14)16)2-4-12(21)17-6-8-1-3-10-11(5-8)24-7-23-10/h1,3,5H,2,4,6-7,16H2,(H2,15,19)(H,17,21). The van der Waals surface area contributed by atoms with Crippen molar-refractivity contribution < 1.29 is 14.3 Å². The Morgan fingerprint density at radius 3 is 2.92 bits per heavy atom. The SMILES string of the molecule is Nc1nnc(CCC(=O)NCc2ccc3c(c2)OCO3)c(=O)n1N. The summed E-state index contributed by atoms with van der Waals surface area (Å²) in [4.78, 5) is 23.7. The molecule has 1 aromatic carbocycles. The van der Waals surface area contributed by atoms with Crippen LogP contribution in [0.4, 0.5) is 5.95 Å². The van der Waals surface area contributed by atoms with Crippen molar-refractivity contribution >= 4 is 11.9 Å². The Labute approximate surface area is 136 Å². The van der Waals surface area contributed by atoms with Gasteiger partial charge in [0.1, 0.15) is 5.69 Å². The summed E-state index contributed by atoms with van der Waals surface area (Å²) in [6, 6.07) is 5.44. The molecular weight excluding hydrogens is 316 g/mol. The van der Waals surface area contributed by atoms with Gasteiger partial charge in [-0.25, -0.2) is 0 Å². The maximum absolute atomic E-state index is 11.9. The molecule has 1 aliphatic rings. The van der Waals surface area contributed by atoms with E-state index in [-0.39, 0.29) is 37.2 Å². The Hall–Kier alpha value is -3.30. The summed E-state index contributed by atoms with van der Waals surface area (Å²) in [6.45, 7) is 0.538. The number of aromatic nitrogens is 3. The second kappa shape index (κ2) is 6.44. The zero-order chi connectivity index (χ0) is 17.1. The Kier molecular flexibility index (Phi) is 4.18. The number of fused-ring (bicyclic) bond motifs is 1. The van der Waals surface area contributed by atoms with E-state index < -0.39 is 5.56 Å². The number of amides is 1.